The Morgan fingerprint density at radius 3 is 2.29 bits per heavy atom. The fourth-order valence-corrected chi connectivity index (χ4v) is 1.76. The maximum atomic E-state index is 12.8. The van der Waals surface area contributed by atoms with E-state index in [4.69, 9.17) is 5.11 Å². The quantitative estimate of drug-likeness (QED) is 0.766. The molecule has 17 heavy (non-hydrogen) atoms. The third kappa shape index (κ3) is 2.67. The molecule has 1 aliphatic heterocycles. The molecule has 1 amide bonds. The van der Waals surface area contributed by atoms with Gasteiger partial charge in [-0.1, -0.05) is 0 Å². The number of amides is 1. The zero-order chi connectivity index (χ0) is 13.3. The van der Waals surface area contributed by atoms with E-state index in [-0.39, 0.29) is 13.0 Å². The second-order valence-corrected chi connectivity index (χ2v) is 3.90. The number of piperidine rings is 1. The van der Waals surface area contributed by atoms with Crippen molar-refractivity contribution >= 4 is 5.91 Å². The van der Waals surface area contributed by atoms with Gasteiger partial charge in [0.15, 0.2) is 0 Å². The predicted molar refractivity (Wildman–Crippen MR) is 47.4 cm³/mol. The molecule has 0 aromatic carbocycles. The molecule has 0 aromatic heterocycles. The molecule has 1 aliphatic rings. The van der Waals surface area contributed by atoms with Crippen LogP contribution in [0, 0.1) is 0 Å². The second kappa shape index (κ2) is 4.75. The molecule has 3 nitrogen and oxygen atoms in total. The van der Waals surface area contributed by atoms with Crippen LogP contribution in [0.25, 0.3) is 0 Å². The van der Waals surface area contributed by atoms with Crippen molar-refractivity contribution in [2.45, 2.75) is 37.4 Å². The molecule has 1 atom stereocenters. The number of aliphatic hydroxyl groups excluding tert-OH is 1. The summed E-state index contributed by atoms with van der Waals surface area (Å²) < 4.78 is 61.7. The molecule has 1 N–H and O–H groups in total. The van der Waals surface area contributed by atoms with Crippen LogP contribution < -0.4 is 0 Å². The minimum absolute atomic E-state index is 0.185. The van der Waals surface area contributed by atoms with Crippen molar-refractivity contribution in [3.8, 4) is 0 Å². The highest BCUT2D eigenvalue weighted by Crippen LogP contribution is 2.38. The smallest absolute Gasteiger partial charge is 0.394 e. The Morgan fingerprint density at radius 2 is 1.82 bits per heavy atom. The third-order valence-electron chi connectivity index (χ3n) is 2.72. The Bertz CT molecular complexity index is 292. The van der Waals surface area contributed by atoms with Gasteiger partial charge < -0.3 is 10.0 Å². The van der Waals surface area contributed by atoms with E-state index in [0.717, 1.165) is 0 Å². The van der Waals surface area contributed by atoms with Crippen LogP contribution in [0.1, 0.15) is 19.3 Å². The number of halogens is 5. The van der Waals surface area contributed by atoms with Gasteiger partial charge in [0.05, 0.1) is 12.6 Å². The lowest BCUT2D eigenvalue weighted by Crippen LogP contribution is -2.57. The number of nitrogens with zero attached hydrogens (tertiary/aromatic N) is 1. The van der Waals surface area contributed by atoms with Crippen LogP contribution in [0.2, 0.25) is 0 Å². The summed E-state index contributed by atoms with van der Waals surface area (Å²) in [6.07, 6.45) is -4.72. The van der Waals surface area contributed by atoms with Crippen molar-refractivity contribution in [1.29, 1.82) is 0 Å². The van der Waals surface area contributed by atoms with Crippen LogP contribution in [0.3, 0.4) is 0 Å². The number of alkyl halides is 5. The summed E-state index contributed by atoms with van der Waals surface area (Å²) in [6, 6.07) is -0.954. The molecule has 1 fully saturated rings. The zero-order valence-corrected chi connectivity index (χ0v) is 8.81. The fourth-order valence-electron chi connectivity index (χ4n) is 1.76. The summed E-state index contributed by atoms with van der Waals surface area (Å²) in [5.41, 5.74) is 0. The molecule has 0 spiro atoms. The minimum Gasteiger partial charge on any atom is -0.394 e. The molecular formula is C9H12F5NO2. The van der Waals surface area contributed by atoms with Crippen molar-refractivity contribution < 1.29 is 31.9 Å². The summed E-state index contributed by atoms with van der Waals surface area (Å²) >= 11 is 0. The van der Waals surface area contributed by atoms with Crippen molar-refractivity contribution in [1.82, 2.24) is 4.90 Å². The van der Waals surface area contributed by atoms with Gasteiger partial charge in [-0.25, -0.2) is 0 Å². The van der Waals surface area contributed by atoms with Gasteiger partial charge in [0.1, 0.15) is 0 Å². The standard InChI is InChI=1S/C9H12F5NO2/c10-8(11,9(12,13)14)7(17)15-4-2-1-3-6(15)5-16/h6,16H,1-5H2. The zero-order valence-electron chi connectivity index (χ0n) is 8.81. The maximum Gasteiger partial charge on any atom is 0.463 e. The molecule has 8 heteroatoms. The van der Waals surface area contributed by atoms with E-state index in [1.165, 1.54) is 0 Å². The van der Waals surface area contributed by atoms with Gasteiger partial charge >= 0.3 is 18.0 Å². The van der Waals surface area contributed by atoms with Crippen molar-refractivity contribution in [3.05, 3.63) is 0 Å². The highest BCUT2D eigenvalue weighted by molar-refractivity contribution is 5.84. The van der Waals surface area contributed by atoms with Crippen LogP contribution in [-0.4, -0.2) is 47.2 Å². The van der Waals surface area contributed by atoms with E-state index < -0.39 is 30.7 Å². The lowest BCUT2D eigenvalue weighted by molar-refractivity contribution is -0.275. The molecule has 0 radical (unpaired) electrons. The minimum atomic E-state index is -5.90. The number of likely N-dealkylation sites (tertiary alicyclic amines) is 1. The SMILES string of the molecule is O=C(N1CCCCC1CO)C(F)(F)C(F)(F)F. The van der Waals surface area contributed by atoms with Gasteiger partial charge in [-0.3, -0.25) is 4.79 Å². The largest absolute Gasteiger partial charge is 0.463 e. The highest BCUT2D eigenvalue weighted by atomic mass is 19.4. The van der Waals surface area contributed by atoms with E-state index in [1.54, 1.807) is 0 Å². The monoisotopic (exact) mass is 261 g/mol. The third-order valence-corrected chi connectivity index (χ3v) is 2.72. The first-order chi connectivity index (χ1) is 7.71. The van der Waals surface area contributed by atoms with E-state index in [1.807, 2.05) is 0 Å². The number of carbonyl (C=O) groups excluding carboxylic acids is 1. The average molecular weight is 261 g/mol. The molecule has 0 aliphatic carbocycles. The van der Waals surface area contributed by atoms with Gasteiger partial charge in [0.2, 0.25) is 0 Å². The van der Waals surface area contributed by atoms with Crippen LogP contribution in [0.15, 0.2) is 0 Å². The van der Waals surface area contributed by atoms with Gasteiger partial charge in [0.25, 0.3) is 0 Å². The number of rotatable bonds is 2. The molecule has 1 unspecified atom stereocenters. The average Bonchev–Trinajstić information content (AvgIpc) is 2.26. The van der Waals surface area contributed by atoms with Gasteiger partial charge in [-0.2, -0.15) is 22.0 Å². The number of aliphatic hydroxyl groups is 1. The lowest BCUT2D eigenvalue weighted by Gasteiger charge is -2.36. The molecule has 100 valence electrons. The van der Waals surface area contributed by atoms with Gasteiger partial charge in [0, 0.05) is 6.54 Å². The Morgan fingerprint density at radius 1 is 1.24 bits per heavy atom. The molecular weight excluding hydrogens is 249 g/mol. The van der Waals surface area contributed by atoms with E-state index in [0.29, 0.717) is 17.7 Å². The number of hydrogen-bond donors (Lipinski definition) is 1. The molecule has 0 bridgehead atoms. The van der Waals surface area contributed by atoms with Crippen molar-refractivity contribution in [2.75, 3.05) is 13.2 Å². The van der Waals surface area contributed by atoms with Gasteiger partial charge in [-0.05, 0) is 19.3 Å². The summed E-state index contributed by atoms with van der Waals surface area (Å²) in [6.45, 7) is -0.796. The lowest BCUT2D eigenvalue weighted by atomic mass is 10.0. The second-order valence-electron chi connectivity index (χ2n) is 3.90. The molecule has 0 saturated carbocycles. The molecule has 1 rings (SSSR count). The number of carbonyl (C=O) groups is 1. The molecule has 1 heterocycles. The Hall–Kier alpha value is -0.920. The maximum absolute atomic E-state index is 12.8. The van der Waals surface area contributed by atoms with Crippen LogP contribution >= 0.6 is 0 Å². The summed E-state index contributed by atoms with van der Waals surface area (Å²) in [4.78, 5) is 11.6. The topological polar surface area (TPSA) is 40.5 Å². The Kier molecular flexibility index (Phi) is 3.95. The fraction of sp³-hybridized carbons (Fsp3) is 0.889. The summed E-state index contributed by atoms with van der Waals surface area (Å²) in [5.74, 6) is -7.67. The molecule has 1 saturated heterocycles. The first-order valence-electron chi connectivity index (χ1n) is 5.08. The van der Waals surface area contributed by atoms with Crippen LogP contribution in [0.4, 0.5) is 22.0 Å². The Balaban J connectivity index is 2.87. The van der Waals surface area contributed by atoms with Crippen LogP contribution in [-0.2, 0) is 4.79 Å². The normalized spacial score (nSPS) is 22.7. The van der Waals surface area contributed by atoms with Crippen molar-refractivity contribution in [2.24, 2.45) is 0 Å². The Labute approximate surface area is 94.2 Å². The van der Waals surface area contributed by atoms with E-state index in [2.05, 4.69) is 0 Å². The molecule has 0 aromatic rings. The van der Waals surface area contributed by atoms with Crippen LogP contribution in [0.5, 0.6) is 0 Å². The van der Waals surface area contributed by atoms with Gasteiger partial charge in [-0.15, -0.1) is 0 Å². The first-order valence-corrected chi connectivity index (χ1v) is 5.08. The highest BCUT2D eigenvalue weighted by Gasteiger charge is 2.65. The number of hydrogen-bond acceptors (Lipinski definition) is 2. The summed E-state index contributed by atoms with van der Waals surface area (Å²) in [7, 11) is 0. The summed E-state index contributed by atoms with van der Waals surface area (Å²) in [5, 5.41) is 8.86. The van der Waals surface area contributed by atoms with E-state index in [9.17, 15) is 26.7 Å². The predicted octanol–water partition coefficient (Wildman–Crippen LogP) is 1.56. The van der Waals surface area contributed by atoms with Crippen molar-refractivity contribution in [3.63, 3.8) is 0 Å². The van der Waals surface area contributed by atoms with E-state index >= 15 is 0 Å². The first kappa shape index (κ1) is 14.1.